The van der Waals surface area contributed by atoms with Gasteiger partial charge in [0.1, 0.15) is 0 Å². The van der Waals surface area contributed by atoms with Crippen LogP contribution in [0.2, 0.25) is 0 Å². The van der Waals surface area contributed by atoms with Crippen LogP contribution in [-0.4, -0.2) is 18.5 Å². The lowest BCUT2D eigenvalue weighted by Gasteiger charge is -2.36. The van der Waals surface area contributed by atoms with Crippen LogP contribution in [0.3, 0.4) is 0 Å². The molecule has 0 aromatic heterocycles. The molecule has 3 amide bonds. The second-order valence-electron chi connectivity index (χ2n) is 4.26. The molecule has 4 nitrogen and oxygen atoms in total. The maximum Gasteiger partial charge on any atom is 0.321 e. The van der Waals surface area contributed by atoms with Crippen LogP contribution < -0.4 is 10.6 Å². The fraction of sp³-hybridized carbons (Fsp3) is 0.667. The molecule has 1 unspecified atom stereocenters. The van der Waals surface area contributed by atoms with Crippen LogP contribution in [0.5, 0.6) is 0 Å². The summed E-state index contributed by atoms with van der Waals surface area (Å²) in [6.07, 6.45) is 4.64. The van der Waals surface area contributed by atoms with Crippen molar-refractivity contribution in [2.24, 2.45) is 5.41 Å². The van der Waals surface area contributed by atoms with E-state index >= 15 is 0 Å². The first kappa shape index (κ1) is 12.7. The van der Waals surface area contributed by atoms with Crippen LogP contribution in [0.4, 0.5) is 4.79 Å². The highest BCUT2D eigenvalue weighted by atomic mass is 16.2. The highest BCUT2D eigenvalue weighted by Crippen LogP contribution is 2.34. The van der Waals surface area contributed by atoms with Gasteiger partial charge in [0.15, 0.2) is 0 Å². The average molecular weight is 224 g/mol. The Balaban J connectivity index is 3.00. The molecule has 2 N–H and O–H groups in total. The fourth-order valence-electron chi connectivity index (χ4n) is 2.22. The SMILES string of the molecule is CCC=C(C)C1(CCC)CNC(=O)NC1=O. The van der Waals surface area contributed by atoms with Gasteiger partial charge in [0.25, 0.3) is 0 Å². The van der Waals surface area contributed by atoms with E-state index in [2.05, 4.69) is 16.7 Å². The Morgan fingerprint density at radius 1 is 1.44 bits per heavy atom. The molecule has 16 heavy (non-hydrogen) atoms. The smallest absolute Gasteiger partial charge is 0.321 e. The molecule has 4 heteroatoms. The number of allylic oxidation sites excluding steroid dienone is 1. The van der Waals surface area contributed by atoms with Gasteiger partial charge < -0.3 is 5.32 Å². The lowest BCUT2D eigenvalue weighted by molar-refractivity contribution is -0.129. The summed E-state index contributed by atoms with van der Waals surface area (Å²) >= 11 is 0. The predicted molar refractivity (Wildman–Crippen MR) is 62.9 cm³/mol. The summed E-state index contributed by atoms with van der Waals surface area (Å²) in [6.45, 7) is 6.47. The number of urea groups is 1. The molecule has 0 aliphatic carbocycles. The normalized spacial score (nSPS) is 26.3. The van der Waals surface area contributed by atoms with E-state index in [1.54, 1.807) is 0 Å². The average Bonchev–Trinajstić information content (AvgIpc) is 2.23. The molecule has 1 saturated heterocycles. The topological polar surface area (TPSA) is 58.2 Å². The second kappa shape index (κ2) is 5.14. The summed E-state index contributed by atoms with van der Waals surface area (Å²) in [5.41, 5.74) is 0.507. The van der Waals surface area contributed by atoms with Crippen LogP contribution in [0, 0.1) is 5.41 Å². The molecule has 90 valence electrons. The Labute approximate surface area is 96.5 Å². The van der Waals surface area contributed by atoms with Crippen LogP contribution in [0.1, 0.15) is 40.0 Å². The number of imide groups is 1. The van der Waals surface area contributed by atoms with Crippen molar-refractivity contribution in [3.05, 3.63) is 11.6 Å². The van der Waals surface area contributed by atoms with E-state index in [-0.39, 0.29) is 11.9 Å². The quantitative estimate of drug-likeness (QED) is 0.717. The van der Waals surface area contributed by atoms with Crippen molar-refractivity contribution in [1.82, 2.24) is 10.6 Å². The molecule has 1 rings (SSSR count). The minimum atomic E-state index is -0.543. The van der Waals surface area contributed by atoms with Crippen molar-refractivity contribution in [1.29, 1.82) is 0 Å². The molecule has 1 aliphatic rings. The fourth-order valence-corrected chi connectivity index (χ4v) is 2.22. The summed E-state index contributed by atoms with van der Waals surface area (Å²) in [5.74, 6) is -0.166. The van der Waals surface area contributed by atoms with Gasteiger partial charge in [-0.2, -0.15) is 0 Å². The predicted octanol–water partition coefficient (Wildman–Crippen LogP) is 1.97. The van der Waals surface area contributed by atoms with E-state index in [1.165, 1.54) is 0 Å². The molecule has 0 aromatic carbocycles. The van der Waals surface area contributed by atoms with Crippen molar-refractivity contribution >= 4 is 11.9 Å². The number of carbonyl (C=O) groups excluding carboxylic acids is 2. The zero-order valence-corrected chi connectivity index (χ0v) is 10.2. The Kier molecular flexibility index (Phi) is 4.10. The van der Waals surface area contributed by atoms with Crippen LogP contribution >= 0.6 is 0 Å². The summed E-state index contributed by atoms with van der Waals surface area (Å²) in [4.78, 5) is 23.1. The molecule has 0 spiro atoms. The van der Waals surface area contributed by atoms with Gasteiger partial charge in [0, 0.05) is 6.54 Å². The van der Waals surface area contributed by atoms with Crippen molar-refractivity contribution in [2.45, 2.75) is 40.0 Å². The Morgan fingerprint density at radius 3 is 2.62 bits per heavy atom. The van der Waals surface area contributed by atoms with Gasteiger partial charge >= 0.3 is 6.03 Å². The highest BCUT2D eigenvalue weighted by molar-refractivity contribution is 6.01. The van der Waals surface area contributed by atoms with Crippen molar-refractivity contribution < 1.29 is 9.59 Å². The van der Waals surface area contributed by atoms with Crippen molar-refractivity contribution in [3.63, 3.8) is 0 Å². The van der Waals surface area contributed by atoms with E-state index in [0.717, 1.165) is 24.8 Å². The largest absolute Gasteiger partial charge is 0.336 e. The van der Waals surface area contributed by atoms with E-state index in [4.69, 9.17) is 0 Å². The number of hydrogen-bond acceptors (Lipinski definition) is 2. The molecule has 0 bridgehead atoms. The van der Waals surface area contributed by atoms with E-state index in [9.17, 15) is 9.59 Å². The lowest BCUT2D eigenvalue weighted by atomic mass is 9.74. The highest BCUT2D eigenvalue weighted by Gasteiger charge is 2.43. The summed E-state index contributed by atoms with van der Waals surface area (Å²) in [7, 11) is 0. The molecule has 0 radical (unpaired) electrons. The first-order chi connectivity index (χ1) is 7.56. The van der Waals surface area contributed by atoms with Crippen LogP contribution in [0.25, 0.3) is 0 Å². The number of amides is 3. The number of nitrogens with one attached hydrogen (secondary N) is 2. The van der Waals surface area contributed by atoms with Crippen LogP contribution in [0.15, 0.2) is 11.6 Å². The van der Waals surface area contributed by atoms with Gasteiger partial charge in [-0.1, -0.05) is 31.9 Å². The maximum absolute atomic E-state index is 12.0. The Bertz CT molecular complexity index is 323. The molecule has 1 aliphatic heterocycles. The molecule has 0 saturated carbocycles. The maximum atomic E-state index is 12.0. The monoisotopic (exact) mass is 224 g/mol. The van der Waals surface area contributed by atoms with Crippen molar-refractivity contribution in [3.8, 4) is 0 Å². The van der Waals surface area contributed by atoms with Gasteiger partial charge in [-0.25, -0.2) is 4.79 Å². The minimum Gasteiger partial charge on any atom is -0.336 e. The summed E-state index contributed by atoms with van der Waals surface area (Å²) in [5, 5.41) is 5.08. The van der Waals surface area contributed by atoms with E-state index in [0.29, 0.717) is 6.54 Å². The first-order valence-electron chi connectivity index (χ1n) is 5.83. The Morgan fingerprint density at radius 2 is 2.12 bits per heavy atom. The molecule has 1 fully saturated rings. The van der Waals surface area contributed by atoms with Gasteiger partial charge in [-0.3, -0.25) is 10.1 Å². The van der Waals surface area contributed by atoms with Gasteiger partial charge in [0.05, 0.1) is 5.41 Å². The third-order valence-electron chi connectivity index (χ3n) is 3.15. The molecule has 1 atom stereocenters. The second-order valence-corrected chi connectivity index (χ2v) is 4.26. The molecular formula is C12H20N2O2. The molecule has 0 aromatic rings. The molecule has 1 heterocycles. The van der Waals surface area contributed by atoms with E-state index < -0.39 is 5.41 Å². The number of rotatable bonds is 4. The molecular weight excluding hydrogens is 204 g/mol. The van der Waals surface area contributed by atoms with Crippen LogP contribution in [-0.2, 0) is 4.79 Å². The minimum absolute atomic E-state index is 0.166. The standard InChI is InChI=1S/C12H20N2O2/c1-4-6-9(3)12(7-5-2)8-13-11(16)14-10(12)15/h6H,4-5,7-8H2,1-3H3,(H2,13,14,15,16). The zero-order valence-electron chi connectivity index (χ0n) is 10.2. The summed E-state index contributed by atoms with van der Waals surface area (Å²) < 4.78 is 0. The van der Waals surface area contributed by atoms with Crippen molar-refractivity contribution in [2.75, 3.05) is 6.54 Å². The third kappa shape index (κ3) is 2.26. The summed E-state index contributed by atoms with van der Waals surface area (Å²) in [6, 6.07) is -0.388. The third-order valence-corrected chi connectivity index (χ3v) is 3.15. The number of hydrogen-bond donors (Lipinski definition) is 2. The first-order valence-corrected chi connectivity index (χ1v) is 5.83. The lowest BCUT2D eigenvalue weighted by Crippen LogP contribution is -2.59. The number of carbonyl (C=O) groups is 2. The Hall–Kier alpha value is -1.32. The van der Waals surface area contributed by atoms with E-state index in [1.807, 2.05) is 20.8 Å². The van der Waals surface area contributed by atoms with Gasteiger partial charge in [-0.15, -0.1) is 0 Å². The van der Waals surface area contributed by atoms with Gasteiger partial charge in [0.2, 0.25) is 5.91 Å². The van der Waals surface area contributed by atoms with Gasteiger partial charge in [-0.05, 0) is 19.8 Å². The zero-order chi connectivity index (χ0) is 12.2.